The Balaban J connectivity index is 1.57. The maximum atomic E-state index is 12.5. The van der Waals surface area contributed by atoms with Gasteiger partial charge < -0.3 is 8.83 Å². The van der Waals surface area contributed by atoms with Gasteiger partial charge in [-0.2, -0.15) is 4.68 Å². The van der Waals surface area contributed by atoms with Crippen LogP contribution in [0.25, 0.3) is 16.8 Å². The number of benzene rings is 1. The van der Waals surface area contributed by atoms with Crippen LogP contribution in [0.15, 0.2) is 69.9 Å². The number of hydrogen-bond acceptors (Lipinski definition) is 7. The minimum absolute atomic E-state index is 0.0322. The van der Waals surface area contributed by atoms with Gasteiger partial charge in [0.1, 0.15) is 0 Å². The lowest BCUT2D eigenvalue weighted by Crippen LogP contribution is -2.34. The number of fused-ring (bicyclic) bond motifs is 3. The maximum Gasteiger partial charge on any atom is 0.293 e. The minimum Gasteiger partial charge on any atom is -0.459 e. The highest BCUT2D eigenvalue weighted by atomic mass is 32.1. The Morgan fingerprint density at radius 2 is 1.63 bits per heavy atom. The summed E-state index contributed by atoms with van der Waals surface area (Å²) in [6.07, 6.45) is 2.78. The predicted molar refractivity (Wildman–Crippen MR) is 109 cm³/mol. The van der Waals surface area contributed by atoms with Gasteiger partial charge >= 0.3 is 0 Å². The molecular weight excluding hydrogens is 408 g/mol. The summed E-state index contributed by atoms with van der Waals surface area (Å²) in [5, 5.41) is 9.54. The second-order valence-electron chi connectivity index (χ2n) is 6.14. The Morgan fingerprint density at radius 1 is 0.933 bits per heavy atom. The standard InChI is InChI=1S/C19H12N6O4S/c26-15(13-7-3-9-28-13)21-17-23-25(19(30)22-16(27)14-8-4-10-29-14)18-20-11-5-1-2-6-12(11)24(17)18/h1-10H,(H,21,23,26)(H,22,27,30). The van der Waals surface area contributed by atoms with Crippen molar-refractivity contribution in [3.63, 3.8) is 0 Å². The molecule has 10 nitrogen and oxygen atoms in total. The van der Waals surface area contributed by atoms with Gasteiger partial charge in [-0.05, 0) is 48.6 Å². The fourth-order valence-corrected chi connectivity index (χ4v) is 3.17. The lowest BCUT2D eigenvalue weighted by Gasteiger charge is -2.04. The van der Waals surface area contributed by atoms with Crippen LogP contribution in [0.1, 0.15) is 21.1 Å². The van der Waals surface area contributed by atoms with E-state index in [0.29, 0.717) is 16.8 Å². The van der Waals surface area contributed by atoms with Gasteiger partial charge in [0.25, 0.3) is 11.8 Å². The van der Waals surface area contributed by atoms with Crippen LogP contribution in [0, 0.1) is 0 Å². The number of anilines is 1. The molecule has 11 heteroatoms. The van der Waals surface area contributed by atoms with Crippen molar-refractivity contribution < 1.29 is 18.4 Å². The molecule has 0 spiro atoms. The van der Waals surface area contributed by atoms with E-state index in [0.717, 1.165) is 0 Å². The number of thiocarbonyl (C=S) groups is 1. The van der Waals surface area contributed by atoms with Crippen LogP contribution < -0.4 is 10.6 Å². The third kappa shape index (κ3) is 2.93. The smallest absolute Gasteiger partial charge is 0.293 e. The molecule has 0 radical (unpaired) electrons. The van der Waals surface area contributed by atoms with Crippen molar-refractivity contribution in [1.82, 2.24) is 24.5 Å². The van der Waals surface area contributed by atoms with Crippen LogP contribution in [0.5, 0.6) is 0 Å². The Labute approximate surface area is 173 Å². The molecule has 5 rings (SSSR count). The van der Waals surface area contributed by atoms with E-state index in [9.17, 15) is 9.59 Å². The number of hydrogen-bond donors (Lipinski definition) is 2. The van der Waals surface area contributed by atoms with Gasteiger partial charge in [0, 0.05) is 0 Å². The molecule has 5 aromatic rings. The molecule has 0 aliphatic carbocycles. The predicted octanol–water partition coefficient (Wildman–Crippen LogP) is 2.69. The van der Waals surface area contributed by atoms with E-state index in [1.807, 2.05) is 24.3 Å². The lowest BCUT2D eigenvalue weighted by molar-refractivity contribution is 0.0948. The van der Waals surface area contributed by atoms with E-state index in [4.69, 9.17) is 21.1 Å². The van der Waals surface area contributed by atoms with E-state index in [1.54, 1.807) is 16.5 Å². The summed E-state index contributed by atoms with van der Waals surface area (Å²) in [4.78, 5) is 29.3. The Kier molecular flexibility index (Phi) is 4.14. The number of amides is 2. The molecule has 0 unspecified atom stereocenters. The van der Waals surface area contributed by atoms with Crippen molar-refractivity contribution in [2.75, 3.05) is 5.32 Å². The molecule has 148 valence electrons. The SMILES string of the molecule is O=C(NC(=S)n1nc(NC(=O)c2ccco2)n2c3ccccc3nc12)c1ccco1. The number of carbonyl (C=O) groups excluding carboxylic acids is 2. The highest BCUT2D eigenvalue weighted by Gasteiger charge is 2.22. The monoisotopic (exact) mass is 420 g/mol. The van der Waals surface area contributed by atoms with E-state index in [2.05, 4.69) is 20.7 Å². The molecule has 0 aliphatic heterocycles. The Morgan fingerprint density at radius 3 is 2.33 bits per heavy atom. The van der Waals surface area contributed by atoms with E-state index in [1.165, 1.54) is 29.3 Å². The largest absolute Gasteiger partial charge is 0.459 e. The van der Waals surface area contributed by atoms with Gasteiger partial charge in [-0.25, -0.2) is 9.38 Å². The highest BCUT2D eigenvalue weighted by molar-refractivity contribution is 7.80. The van der Waals surface area contributed by atoms with Gasteiger partial charge in [-0.1, -0.05) is 12.1 Å². The first-order chi connectivity index (χ1) is 14.6. The number of para-hydroxylation sites is 2. The van der Waals surface area contributed by atoms with Crippen LogP contribution in [0.4, 0.5) is 5.95 Å². The van der Waals surface area contributed by atoms with Gasteiger partial charge in [-0.15, -0.1) is 5.10 Å². The summed E-state index contributed by atoms with van der Waals surface area (Å²) in [5.74, 6) is -0.326. The molecule has 2 N–H and O–H groups in total. The molecular formula is C19H12N6O4S. The fourth-order valence-electron chi connectivity index (χ4n) is 2.96. The first-order valence-electron chi connectivity index (χ1n) is 8.72. The molecule has 4 heterocycles. The van der Waals surface area contributed by atoms with Crippen molar-refractivity contribution in [2.24, 2.45) is 0 Å². The first-order valence-corrected chi connectivity index (χ1v) is 9.13. The summed E-state index contributed by atoms with van der Waals surface area (Å²) < 4.78 is 13.1. The van der Waals surface area contributed by atoms with Gasteiger partial charge in [0.2, 0.25) is 16.8 Å². The molecule has 4 aromatic heterocycles. The highest BCUT2D eigenvalue weighted by Crippen LogP contribution is 2.21. The van der Waals surface area contributed by atoms with Gasteiger partial charge in [0.15, 0.2) is 11.5 Å². The zero-order valence-corrected chi connectivity index (χ0v) is 15.9. The Hall–Kier alpha value is -4.25. The summed E-state index contributed by atoms with van der Waals surface area (Å²) in [5.41, 5.74) is 1.37. The Bertz CT molecular complexity index is 1400. The summed E-state index contributed by atoms with van der Waals surface area (Å²) in [6, 6.07) is 13.6. The van der Waals surface area contributed by atoms with Crippen molar-refractivity contribution in [2.45, 2.75) is 0 Å². The molecule has 2 amide bonds. The zero-order valence-electron chi connectivity index (χ0n) is 15.1. The van der Waals surface area contributed by atoms with Crippen molar-refractivity contribution in [3.8, 4) is 0 Å². The number of imidazole rings is 1. The number of carbonyl (C=O) groups is 2. The van der Waals surface area contributed by atoms with Crippen LogP contribution >= 0.6 is 12.2 Å². The molecule has 0 aliphatic rings. The third-order valence-corrected chi connectivity index (χ3v) is 4.54. The molecule has 1 aromatic carbocycles. The molecule has 0 saturated heterocycles. The minimum atomic E-state index is -0.532. The molecule has 0 fully saturated rings. The fraction of sp³-hybridized carbons (Fsp3) is 0. The molecule has 0 atom stereocenters. The summed E-state index contributed by atoms with van der Waals surface area (Å²) >= 11 is 5.35. The zero-order chi connectivity index (χ0) is 20.7. The molecule has 30 heavy (non-hydrogen) atoms. The quantitative estimate of drug-likeness (QED) is 0.431. The van der Waals surface area contributed by atoms with E-state index >= 15 is 0 Å². The first kappa shape index (κ1) is 17.8. The second-order valence-corrected chi connectivity index (χ2v) is 6.53. The van der Waals surface area contributed by atoms with Gasteiger partial charge in [-0.3, -0.25) is 20.2 Å². The van der Waals surface area contributed by atoms with Gasteiger partial charge in [0.05, 0.1) is 23.6 Å². The average Bonchev–Trinajstić information content (AvgIpc) is 3.52. The number of furan rings is 2. The third-order valence-electron chi connectivity index (χ3n) is 4.27. The molecule has 0 saturated carbocycles. The van der Waals surface area contributed by atoms with E-state index in [-0.39, 0.29) is 22.6 Å². The van der Waals surface area contributed by atoms with E-state index < -0.39 is 11.8 Å². The second kappa shape index (κ2) is 6.97. The topological polar surface area (TPSA) is 120 Å². The lowest BCUT2D eigenvalue weighted by atomic mass is 10.3. The van der Waals surface area contributed by atoms with Crippen molar-refractivity contribution >= 4 is 51.9 Å². The summed E-state index contributed by atoms with van der Waals surface area (Å²) in [6.45, 7) is 0. The average molecular weight is 420 g/mol. The number of nitrogens with one attached hydrogen (secondary N) is 2. The van der Waals surface area contributed by atoms with Crippen LogP contribution in [0.3, 0.4) is 0 Å². The van der Waals surface area contributed by atoms with Crippen LogP contribution in [-0.4, -0.2) is 36.1 Å². The van der Waals surface area contributed by atoms with Crippen LogP contribution in [0.2, 0.25) is 0 Å². The summed E-state index contributed by atoms with van der Waals surface area (Å²) in [7, 11) is 0. The molecule has 0 bridgehead atoms. The van der Waals surface area contributed by atoms with Crippen molar-refractivity contribution in [1.29, 1.82) is 0 Å². The number of aromatic nitrogens is 4. The number of rotatable bonds is 3. The van der Waals surface area contributed by atoms with Crippen LogP contribution in [-0.2, 0) is 0 Å². The number of nitrogens with zero attached hydrogens (tertiary/aromatic N) is 4. The normalized spacial score (nSPS) is 11.1. The maximum absolute atomic E-state index is 12.5. The van der Waals surface area contributed by atoms with Crippen molar-refractivity contribution in [3.05, 3.63) is 72.6 Å².